The number of carbonyl (C=O) groups is 3. The van der Waals surface area contributed by atoms with Crippen LogP contribution in [0.2, 0.25) is 0 Å². The highest BCUT2D eigenvalue weighted by molar-refractivity contribution is 8.14. The predicted octanol–water partition coefficient (Wildman–Crippen LogP) is 5.99. The van der Waals surface area contributed by atoms with Crippen molar-refractivity contribution in [3.05, 3.63) is 121 Å². The zero-order valence-corrected chi connectivity index (χ0v) is 21.8. The number of nitrogens with zero attached hydrogens (tertiary/aromatic N) is 2. The fourth-order valence-corrected chi connectivity index (χ4v) is 5.06. The van der Waals surface area contributed by atoms with Gasteiger partial charge in [0.2, 0.25) is 11.0 Å². The van der Waals surface area contributed by atoms with Gasteiger partial charge in [0.05, 0.1) is 5.92 Å². The van der Waals surface area contributed by atoms with Crippen molar-refractivity contribution in [2.75, 3.05) is 10.7 Å². The minimum absolute atomic E-state index is 0.139. The predicted molar refractivity (Wildman–Crippen MR) is 151 cm³/mol. The number of benzene rings is 3. The molecule has 0 spiro atoms. The third kappa shape index (κ3) is 6.75. The van der Waals surface area contributed by atoms with Crippen LogP contribution in [0.3, 0.4) is 0 Å². The van der Waals surface area contributed by atoms with Crippen LogP contribution in [0.5, 0.6) is 0 Å². The molecule has 1 aromatic heterocycles. The van der Waals surface area contributed by atoms with E-state index in [-0.39, 0.29) is 16.8 Å². The number of carboxylic acids is 1. The van der Waals surface area contributed by atoms with Crippen LogP contribution in [0.4, 0.5) is 5.69 Å². The van der Waals surface area contributed by atoms with Crippen LogP contribution in [0.1, 0.15) is 22.8 Å². The number of carboxylic acid groups (broad SMARTS) is 1. The van der Waals surface area contributed by atoms with Gasteiger partial charge in [-0.2, -0.15) is 0 Å². The number of pyridine rings is 1. The summed E-state index contributed by atoms with van der Waals surface area (Å²) in [5.74, 6) is -1.91. The molecule has 0 radical (unpaired) electrons. The topological polar surface area (TPSA) is 87.6 Å². The first-order valence-corrected chi connectivity index (χ1v) is 13.2. The van der Waals surface area contributed by atoms with Gasteiger partial charge in [0.1, 0.15) is 6.04 Å². The third-order valence-electron chi connectivity index (χ3n) is 6.21. The van der Waals surface area contributed by atoms with Crippen LogP contribution in [0.15, 0.2) is 109 Å². The van der Waals surface area contributed by atoms with E-state index < -0.39 is 17.9 Å². The number of anilines is 1. The first-order valence-electron chi connectivity index (χ1n) is 12.3. The Balaban J connectivity index is 1.63. The van der Waals surface area contributed by atoms with Gasteiger partial charge < -0.3 is 5.11 Å². The van der Waals surface area contributed by atoms with Crippen LogP contribution < -0.4 is 4.90 Å². The lowest BCUT2D eigenvalue weighted by Crippen LogP contribution is -2.47. The number of carbonyl (C=O) groups excluding carboxylic acids is 2. The van der Waals surface area contributed by atoms with E-state index in [1.165, 1.54) is 11.8 Å². The van der Waals surface area contributed by atoms with Gasteiger partial charge in [-0.15, -0.1) is 0 Å². The number of aromatic nitrogens is 1. The minimum Gasteiger partial charge on any atom is -0.480 e. The van der Waals surface area contributed by atoms with Gasteiger partial charge >= 0.3 is 5.97 Å². The summed E-state index contributed by atoms with van der Waals surface area (Å²) < 4.78 is 0. The highest BCUT2D eigenvalue weighted by Crippen LogP contribution is 2.28. The van der Waals surface area contributed by atoms with Crippen LogP contribution in [0.25, 0.3) is 11.1 Å². The molecule has 0 bridgehead atoms. The molecule has 0 aliphatic heterocycles. The first kappa shape index (κ1) is 26.8. The maximum Gasteiger partial charge on any atom is 0.326 e. The Morgan fingerprint density at radius 2 is 1.47 bits per heavy atom. The van der Waals surface area contributed by atoms with Gasteiger partial charge in [0, 0.05) is 29.4 Å². The average Bonchev–Trinajstić information content (AvgIpc) is 2.97. The standard InChI is InChI=1S/C31H28N2O4S/c1-22(30(35)36)33(28-16-14-25(15-17-28)24-10-4-2-5-11-24)29(34)27(19-23-9-8-18-32-20-23)21-38-31(37)26-12-6-3-7-13-26/h2-18,20,22,27H,19,21H2,1H3,(H,35,36)/t22-,27?/m0/s1. The quantitative estimate of drug-likeness (QED) is 0.274. The van der Waals surface area contributed by atoms with E-state index in [9.17, 15) is 19.5 Å². The number of thioether (sulfide) groups is 1. The molecule has 0 aliphatic carbocycles. The van der Waals surface area contributed by atoms with Crippen molar-refractivity contribution in [2.45, 2.75) is 19.4 Å². The molecule has 1 heterocycles. The molecule has 192 valence electrons. The fourth-order valence-electron chi connectivity index (χ4n) is 4.15. The Morgan fingerprint density at radius 3 is 2.08 bits per heavy atom. The van der Waals surface area contributed by atoms with E-state index in [0.29, 0.717) is 17.7 Å². The highest BCUT2D eigenvalue weighted by Gasteiger charge is 2.33. The molecule has 0 aliphatic rings. The molecule has 0 saturated carbocycles. The summed E-state index contributed by atoms with van der Waals surface area (Å²) >= 11 is 1.06. The Kier molecular flexibility index (Phi) is 9.06. The van der Waals surface area contributed by atoms with Crippen molar-refractivity contribution in [1.29, 1.82) is 0 Å². The number of hydrogen-bond acceptors (Lipinski definition) is 5. The molecule has 0 saturated heterocycles. The molecule has 1 unspecified atom stereocenters. The lowest BCUT2D eigenvalue weighted by atomic mass is 9.99. The van der Waals surface area contributed by atoms with Gasteiger partial charge in [-0.25, -0.2) is 4.79 Å². The normalized spacial score (nSPS) is 12.3. The van der Waals surface area contributed by atoms with Gasteiger partial charge in [0.15, 0.2) is 0 Å². The summed E-state index contributed by atoms with van der Waals surface area (Å²) in [6, 6.07) is 28.6. The van der Waals surface area contributed by atoms with Gasteiger partial charge in [-0.1, -0.05) is 90.6 Å². The first-order chi connectivity index (χ1) is 18.4. The molecule has 4 rings (SSSR count). The Hall–Kier alpha value is -4.23. The Labute approximate surface area is 226 Å². The van der Waals surface area contributed by atoms with Crippen molar-refractivity contribution >= 4 is 34.4 Å². The number of hydrogen-bond donors (Lipinski definition) is 1. The molecule has 7 heteroatoms. The molecule has 1 amide bonds. The Morgan fingerprint density at radius 1 is 0.842 bits per heavy atom. The lowest BCUT2D eigenvalue weighted by molar-refractivity contribution is -0.140. The summed E-state index contributed by atoms with van der Waals surface area (Å²) in [5, 5.41) is 9.73. The maximum atomic E-state index is 14.0. The molecule has 4 aromatic rings. The van der Waals surface area contributed by atoms with Crippen molar-refractivity contribution in [3.63, 3.8) is 0 Å². The van der Waals surface area contributed by atoms with Crippen molar-refractivity contribution < 1.29 is 19.5 Å². The molecule has 38 heavy (non-hydrogen) atoms. The summed E-state index contributed by atoms with van der Waals surface area (Å²) in [4.78, 5) is 44.4. The smallest absolute Gasteiger partial charge is 0.326 e. The molecular formula is C31H28N2O4S. The van der Waals surface area contributed by atoms with E-state index in [1.54, 1.807) is 54.9 Å². The van der Waals surface area contributed by atoms with E-state index >= 15 is 0 Å². The van der Waals surface area contributed by atoms with Crippen molar-refractivity contribution in [2.24, 2.45) is 5.92 Å². The summed E-state index contributed by atoms with van der Waals surface area (Å²) in [6.45, 7) is 1.49. The molecule has 1 N–H and O–H groups in total. The molecule has 6 nitrogen and oxygen atoms in total. The maximum absolute atomic E-state index is 14.0. The molecule has 3 aromatic carbocycles. The number of amides is 1. The monoisotopic (exact) mass is 524 g/mol. The lowest BCUT2D eigenvalue weighted by Gasteiger charge is -2.30. The van der Waals surface area contributed by atoms with Crippen LogP contribution in [0, 0.1) is 5.92 Å². The van der Waals surface area contributed by atoms with E-state index in [0.717, 1.165) is 28.5 Å². The zero-order chi connectivity index (χ0) is 26.9. The fraction of sp³-hybridized carbons (Fsp3) is 0.161. The van der Waals surface area contributed by atoms with Gasteiger partial charge in [-0.05, 0) is 48.2 Å². The second-order valence-electron chi connectivity index (χ2n) is 8.86. The largest absolute Gasteiger partial charge is 0.480 e. The van der Waals surface area contributed by atoms with E-state index in [2.05, 4.69) is 4.98 Å². The minimum atomic E-state index is -1.11. The Bertz CT molecular complexity index is 1360. The second-order valence-corrected chi connectivity index (χ2v) is 9.85. The second kappa shape index (κ2) is 12.8. The number of rotatable bonds is 10. The third-order valence-corrected chi connectivity index (χ3v) is 7.28. The molecular weight excluding hydrogens is 496 g/mol. The zero-order valence-electron chi connectivity index (χ0n) is 20.9. The summed E-state index contributed by atoms with van der Waals surface area (Å²) in [5.41, 5.74) is 3.85. The molecule has 0 fully saturated rings. The average molecular weight is 525 g/mol. The van der Waals surface area contributed by atoms with Gasteiger partial charge in [-0.3, -0.25) is 19.5 Å². The SMILES string of the molecule is C[C@@H](C(=O)O)N(C(=O)C(CSC(=O)c1ccccc1)Cc1cccnc1)c1ccc(-c2ccccc2)cc1. The van der Waals surface area contributed by atoms with E-state index in [1.807, 2.05) is 54.6 Å². The number of aliphatic carboxylic acids is 1. The van der Waals surface area contributed by atoms with Crippen molar-refractivity contribution in [1.82, 2.24) is 4.98 Å². The molecule has 2 atom stereocenters. The van der Waals surface area contributed by atoms with Crippen LogP contribution in [-0.2, 0) is 16.0 Å². The van der Waals surface area contributed by atoms with Crippen LogP contribution in [-0.4, -0.2) is 38.9 Å². The highest BCUT2D eigenvalue weighted by atomic mass is 32.2. The van der Waals surface area contributed by atoms with Crippen LogP contribution >= 0.6 is 11.8 Å². The summed E-state index contributed by atoms with van der Waals surface area (Å²) in [7, 11) is 0. The van der Waals surface area contributed by atoms with Gasteiger partial charge in [0.25, 0.3) is 0 Å². The van der Waals surface area contributed by atoms with E-state index in [4.69, 9.17) is 0 Å². The van der Waals surface area contributed by atoms with Crippen molar-refractivity contribution in [3.8, 4) is 11.1 Å². The summed E-state index contributed by atoms with van der Waals surface area (Å²) in [6.07, 6.45) is 3.66.